The average Bonchev–Trinajstić information content (AvgIpc) is 2.77. The molecular formula is C11H12BrN3O2. The molecule has 5 nitrogen and oxygen atoms in total. The first-order valence-corrected chi connectivity index (χ1v) is 5.88. The number of hydrogen-bond donors (Lipinski definition) is 0. The third-order valence-corrected chi connectivity index (χ3v) is 2.53. The Morgan fingerprint density at radius 3 is 2.94 bits per heavy atom. The van der Waals surface area contributed by atoms with Gasteiger partial charge in [0.1, 0.15) is 0 Å². The molecule has 2 rings (SSSR count). The van der Waals surface area contributed by atoms with Crippen molar-refractivity contribution in [3.8, 4) is 11.6 Å². The molecule has 0 aliphatic carbocycles. The number of rotatable bonds is 5. The van der Waals surface area contributed by atoms with Crippen LogP contribution < -0.4 is 4.74 Å². The topological polar surface area (TPSA) is 49.2 Å². The molecule has 0 amide bonds. The van der Waals surface area contributed by atoms with Crippen LogP contribution in [0.5, 0.6) is 11.6 Å². The molecule has 0 saturated heterocycles. The Kier molecular flexibility index (Phi) is 4.11. The van der Waals surface area contributed by atoms with E-state index < -0.39 is 0 Å². The minimum Gasteiger partial charge on any atom is -0.436 e. The second kappa shape index (κ2) is 5.79. The van der Waals surface area contributed by atoms with Crippen molar-refractivity contribution in [2.24, 2.45) is 0 Å². The second-order valence-corrected chi connectivity index (χ2v) is 4.26. The summed E-state index contributed by atoms with van der Waals surface area (Å²) in [6, 6.07) is 3.66. The van der Waals surface area contributed by atoms with Gasteiger partial charge in [0.05, 0.1) is 25.5 Å². The van der Waals surface area contributed by atoms with Crippen molar-refractivity contribution >= 4 is 15.9 Å². The van der Waals surface area contributed by atoms with E-state index in [0.29, 0.717) is 24.8 Å². The zero-order valence-electron chi connectivity index (χ0n) is 9.34. The molecule has 0 N–H and O–H groups in total. The fourth-order valence-corrected chi connectivity index (χ4v) is 1.48. The van der Waals surface area contributed by atoms with Crippen LogP contribution in [0, 0.1) is 0 Å². The normalized spacial score (nSPS) is 10.5. The highest BCUT2D eigenvalue weighted by Crippen LogP contribution is 2.19. The summed E-state index contributed by atoms with van der Waals surface area (Å²) in [6.45, 7) is 1.32. The van der Waals surface area contributed by atoms with Crippen molar-refractivity contribution in [3.63, 3.8) is 0 Å². The van der Waals surface area contributed by atoms with Crippen molar-refractivity contribution in [1.29, 1.82) is 0 Å². The lowest BCUT2D eigenvalue weighted by Gasteiger charge is -2.01. The van der Waals surface area contributed by atoms with Crippen molar-refractivity contribution in [2.75, 3.05) is 13.7 Å². The summed E-state index contributed by atoms with van der Waals surface area (Å²) in [7, 11) is 1.66. The van der Waals surface area contributed by atoms with E-state index in [1.54, 1.807) is 30.3 Å². The summed E-state index contributed by atoms with van der Waals surface area (Å²) >= 11 is 3.32. The molecule has 90 valence electrons. The third-order valence-electron chi connectivity index (χ3n) is 2.06. The number of hydrogen-bond acceptors (Lipinski definition) is 4. The molecule has 0 unspecified atom stereocenters. The van der Waals surface area contributed by atoms with Gasteiger partial charge >= 0.3 is 0 Å². The highest BCUT2D eigenvalue weighted by Gasteiger charge is 2.02. The molecule has 0 spiro atoms. The monoisotopic (exact) mass is 297 g/mol. The van der Waals surface area contributed by atoms with Crippen LogP contribution in [0.3, 0.4) is 0 Å². The maximum absolute atomic E-state index is 5.54. The SMILES string of the molecule is COCCn1cc(Oc2ccc(Br)cn2)cn1. The van der Waals surface area contributed by atoms with Crippen LogP contribution in [-0.2, 0) is 11.3 Å². The molecule has 0 atom stereocenters. The lowest BCUT2D eigenvalue weighted by atomic mass is 10.5. The molecule has 2 aromatic heterocycles. The molecule has 0 bridgehead atoms. The predicted molar refractivity (Wildman–Crippen MR) is 66.1 cm³/mol. The average molecular weight is 298 g/mol. The summed E-state index contributed by atoms with van der Waals surface area (Å²) < 4.78 is 13.2. The van der Waals surface area contributed by atoms with Gasteiger partial charge in [0.2, 0.25) is 5.88 Å². The Labute approximate surface area is 108 Å². The molecule has 17 heavy (non-hydrogen) atoms. The van der Waals surface area contributed by atoms with Crippen molar-refractivity contribution < 1.29 is 9.47 Å². The summed E-state index contributed by atoms with van der Waals surface area (Å²) in [4.78, 5) is 4.11. The highest BCUT2D eigenvalue weighted by molar-refractivity contribution is 9.10. The lowest BCUT2D eigenvalue weighted by molar-refractivity contribution is 0.183. The Morgan fingerprint density at radius 1 is 1.35 bits per heavy atom. The number of methoxy groups -OCH3 is 1. The van der Waals surface area contributed by atoms with E-state index in [1.807, 2.05) is 12.3 Å². The lowest BCUT2D eigenvalue weighted by Crippen LogP contribution is -2.03. The van der Waals surface area contributed by atoms with Crippen LogP contribution in [0.4, 0.5) is 0 Å². The molecule has 6 heteroatoms. The van der Waals surface area contributed by atoms with Crippen molar-refractivity contribution in [1.82, 2.24) is 14.8 Å². The minimum atomic E-state index is 0.541. The fraction of sp³-hybridized carbons (Fsp3) is 0.273. The standard InChI is InChI=1S/C11H12BrN3O2/c1-16-5-4-15-8-10(7-14-15)17-11-3-2-9(12)6-13-11/h2-3,6-8H,4-5H2,1H3. The fourth-order valence-electron chi connectivity index (χ4n) is 1.25. The third kappa shape index (κ3) is 3.54. The van der Waals surface area contributed by atoms with Gasteiger partial charge in [-0.25, -0.2) is 4.98 Å². The van der Waals surface area contributed by atoms with Gasteiger partial charge in [0, 0.05) is 23.8 Å². The number of ether oxygens (including phenoxy) is 2. The molecule has 2 aromatic rings. The van der Waals surface area contributed by atoms with Gasteiger partial charge in [-0.1, -0.05) is 0 Å². The molecule has 2 heterocycles. The van der Waals surface area contributed by atoms with E-state index >= 15 is 0 Å². The summed E-state index contributed by atoms with van der Waals surface area (Å²) in [5.41, 5.74) is 0. The second-order valence-electron chi connectivity index (χ2n) is 3.35. The van der Waals surface area contributed by atoms with E-state index in [1.165, 1.54) is 0 Å². The van der Waals surface area contributed by atoms with Gasteiger partial charge in [0.25, 0.3) is 0 Å². The van der Waals surface area contributed by atoms with Crippen LogP contribution in [0.2, 0.25) is 0 Å². The smallest absolute Gasteiger partial charge is 0.219 e. The zero-order chi connectivity index (χ0) is 12.1. The first kappa shape index (κ1) is 12.1. The van der Waals surface area contributed by atoms with E-state index in [0.717, 1.165) is 4.47 Å². The van der Waals surface area contributed by atoms with Crippen LogP contribution in [-0.4, -0.2) is 28.5 Å². The molecule has 0 aromatic carbocycles. The van der Waals surface area contributed by atoms with Crippen LogP contribution in [0.15, 0.2) is 35.2 Å². The maximum atomic E-state index is 5.54. The van der Waals surface area contributed by atoms with Crippen molar-refractivity contribution in [3.05, 3.63) is 35.2 Å². The quantitative estimate of drug-likeness (QED) is 0.851. The van der Waals surface area contributed by atoms with Crippen LogP contribution in [0.25, 0.3) is 0 Å². The van der Waals surface area contributed by atoms with Gasteiger partial charge in [0.15, 0.2) is 5.75 Å². The molecular weight excluding hydrogens is 286 g/mol. The molecule has 0 saturated carbocycles. The molecule has 0 fully saturated rings. The summed E-state index contributed by atoms with van der Waals surface area (Å²) in [5, 5.41) is 4.14. The first-order valence-electron chi connectivity index (χ1n) is 5.09. The number of nitrogens with zero attached hydrogens (tertiary/aromatic N) is 3. The largest absolute Gasteiger partial charge is 0.436 e. The predicted octanol–water partition coefficient (Wildman–Crippen LogP) is 2.48. The highest BCUT2D eigenvalue weighted by atomic mass is 79.9. The molecule has 0 aliphatic heterocycles. The van der Waals surface area contributed by atoms with E-state index in [2.05, 4.69) is 26.0 Å². The van der Waals surface area contributed by atoms with Crippen LogP contribution >= 0.6 is 15.9 Å². The summed E-state index contributed by atoms with van der Waals surface area (Å²) in [5.74, 6) is 1.20. The number of pyridine rings is 1. The van der Waals surface area contributed by atoms with Gasteiger partial charge in [-0.2, -0.15) is 5.10 Å². The van der Waals surface area contributed by atoms with Crippen molar-refractivity contribution in [2.45, 2.75) is 6.54 Å². The van der Waals surface area contributed by atoms with Gasteiger partial charge in [-0.05, 0) is 22.0 Å². The summed E-state index contributed by atoms with van der Waals surface area (Å²) in [6.07, 6.45) is 5.15. The Balaban J connectivity index is 1.98. The van der Waals surface area contributed by atoms with E-state index in [4.69, 9.17) is 9.47 Å². The number of aromatic nitrogens is 3. The van der Waals surface area contributed by atoms with Gasteiger partial charge < -0.3 is 9.47 Å². The Bertz CT molecular complexity index is 470. The van der Waals surface area contributed by atoms with Crippen LogP contribution in [0.1, 0.15) is 0 Å². The molecule has 0 radical (unpaired) electrons. The Morgan fingerprint density at radius 2 is 2.24 bits per heavy atom. The van der Waals surface area contributed by atoms with Gasteiger partial charge in [-0.15, -0.1) is 0 Å². The van der Waals surface area contributed by atoms with E-state index in [9.17, 15) is 0 Å². The van der Waals surface area contributed by atoms with Gasteiger partial charge in [-0.3, -0.25) is 4.68 Å². The maximum Gasteiger partial charge on any atom is 0.219 e. The number of halogens is 1. The minimum absolute atomic E-state index is 0.541. The van der Waals surface area contributed by atoms with E-state index in [-0.39, 0.29) is 0 Å². The molecule has 0 aliphatic rings. The zero-order valence-corrected chi connectivity index (χ0v) is 10.9. The Hall–Kier alpha value is -1.40. The first-order chi connectivity index (χ1) is 8.28.